The van der Waals surface area contributed by atoms with E-state index in [1.54, 1.807) is 11.3 Å². The van der Waals surface area contributed by atoms with E-state index in [0.29, 0.717) is 25.2 Å². The van der Waals surface area contributed by atoms with Gasteiger partial charge in [-0.15, -0.1) is 11.3 Å². The summed E-state index contributed by atoms with van der Waals surface area (Å²) in [5.41, 5.74) is 0. The van der Waals surface area contributed by atoms with Gasteiger partial charge in [-0.2, -0.15) is 0 Å². The van der Waals surface area contributed by atoms with Gasteiger partial charge in [-0.25, -0.2) is 0 Å². The van der Waals surface area contributed by atoms with Gasteiger partial charge in [0.1, 0.15) is 0 Å². The highest BCUT2D eigenvalue weighted by Crippen LogP contribution is 2.27. The third-order valence-corrected chi connectivity index (χ3v) is 4.15. The van der Waals surface area contributed by atoms with E-state index in [1.165, 1.54) is 4.88 Å². The fourth-order valence-electron chi connectivity index (χ4n) is 2.11. The Labute approximate surface area is 113 Å². The van der Waals surface area contributed by atoms with E-state index in [4.69, 9.17) is 9.47 Å². The van der Waals surface area contributed by atoms with Crippen molar-refractivity contribution in [3.05, 3.63) is 22.4 Å². The second-order valence-corrected chi connectivity index (χ2v) is 6.60. The lowest BCUT2D eigenvalue weighted by Gasteiger charge is -2.37. The van der Waals surface area contributed by atoms with Crippen molar-refractivity contribution in [2.45, 2.75) is 45.6 Å². The first-order valence-electron chi connectivity index (χ1n) is 6.55. The van der Waals surface area contributed by atoms with Crippen molar-refractivity contribution in [1.82, 2.24) is 5.32 Å². The summed E-state index contributed by atoms with van der Waals surface area (Å²) >= 11 is 1.80. The van der Waals surface area contributed by atoms with E-state index >= 15 is 0 Å². The minimum absolute atomic E-state index is 0.271. The molecule has 3 nitrogen and oxygen atoms in total. The van der Waals surface area contributed by atoms with E-state index < -0.39 is 5.79 Å². The molecule has 0 saturated carbocycles. The number of thiophene rings is 1. The van der Waals surface area contributed by atoms with E-state index in [0.717, 1.165) is 0 Å². The molecule has 2 heterocycles. The number of nitrogens with one attached hydrogen (secondary N) is 1. The molecule has 1 atom stereocenters. The van der Waals surface area contributed by atoms with Crippen LogP contribution in [-0.2, 0) is 9.47 Å². The Hall–Kier alpha value is -0.420. The summed E-state index contributed by atoms with van der Waals surface area (Å²) in [6.07, 6.45) is 0. The van der Waals surface area contributed by atoms with Gasteiger partial charge in [-0.05, 0) is 31.2 Å². The molecule has 1 saturated heterocycles. The summed E-state index contributed by atoms with van der Waals surface area (Å²) in [6, 6.07) is 4.95. The standard InChI is InChI=1S/C14H23NO2S/c1-10(2)13(12-6-5-7-18-12)15-11-8-16-14(3,4)17-9-11/h5-7,10-11,13,15H,8-9H2,1-4H3. The van der Waals surface area contributed by atoms with Gasteiger partial charge in [-0.1, -0.05) is 19.9 Å². The highest BCUT2D eigenvalue weighted by molar-refractivity contribution is 7.10. The molecule has 0 bridgehead atoms. The molecule has 1 aromatic heterocycles. The van der Waals surface area contributed by atoms with Crippen LogP contribution < -0.4 is 5.32 Å². The molecule has 0 spiro atoms. The van der Waals surface area contributed by atoms with Gasteiger partial charge in [0.2, 0.25) is 0 Å². The molecule has 1 N–H and O–H groups in total. The predicted molar refractivity (Wildman–Crippen MR) is 74.8 cm³/mol. The first kappa shape index (κ1) is 14.0. The normalized spacial score (nSPS) is 22.3. The minimum atomic E-state index is -0.436. The maximum atomic E-state index is 5.69. The van der Waals surface area contributed by atoms with Gasteiger partial charge >= 0.3 is 0 Å². The molecular formula is C14H23NO2S. The number of hydrogen-bond donors (Lipinski definition) is 1. The van der Waals surface area contributed by atoms with Gasteiger partial charge in [0.05, 0.1) is 19.3 Å². The largest absolute Gasteiger partial charge is 0.349 e. The van der Waals surface area contributed by atoms with Crippen molar-refractivity contribution < 1.29 is 9.47 Å². The molecule has 1 aliphatic heterocycles. The van der Waals surface area contributed by atoms with E-state index in [-0.39, 0.29) is 6.04 Å². The fraction of sp³-hybridized carbons (Fsp3) is 0.714. The molecule has 0 amide bonds. The van der Waals surface area contributed by atoms with Crippen LogP contribution in [0.1, 0.15) is 38.6 Å². The van der Waals surface area contributed by atoms with Crippen LogP contribution in [-0.4, -0.2) is 25.0 Å². The van der Waals surface area contributed by atoms with Crippen LogP contribution in [0.5, 0.6) is 0 Å². The molecule has 18 heavy (non-hydrogen) atoms. The molecular weight excluding hydrogens is 246 g/mol. The molecule has 1 fully saturated rings. The van der Waals surface area contributed by atoms with E-state index in [1.807, 2.05) is 13.8 Å². The Balaban J connectivity index is 1.95. The van der Waals surface area contributed by atoms with Crippen LogP contribution in [0.3, 0.4) is 0 Å². The maximum absolute atomic E-state index is 5.69. The van der Waals surface area contributed by atoms with Gasteiger partial charge in [-0.3, -0.25) is 0 Å². The summed E-state index contributed by atoms with van der Waals surface area (Å²) in [4.78, 5) is 1.38. The highest BCUT2D eigenvalue weighted by atomic mass is 32.1. The van der Waals surface area contributed by atoms with Gasteiger partial charge < -0.3 is 14.8 Å². The van der Waals surface area contributed by atoms with E-state index in [2.05, 4.69) is 36.7 Å². The van der Waals surface area contributed by atoms with Crippen LogP contribution in [0.25, 0.3) is 0 Å². The average Bonchev–Trinajstić information content (AvgIpc) is 2.80. The fourth-order valence-corrected chi connectivity index (χ4v) is 3.07. The number of ether oxygens (including phenoxy) is 2. The zero-order valence-corrected chi connectivity index (χ0v) is 12.4. The molecule has 0 aromatic carbocycles. The lowest BCUT2D eigenvalue weighted by Crippen LogP contribution is -2.50. The van der Waals surface area contributed by atoms with Crippen LogP contribution >= 0.6 is 11.3 Å². The predicted octanol–water partition coefficient (Wildman–Crippen LogP) is 3.19. The SMILES string of the molecule is CC(C)C(NC1COC(C)(C)OC1)c1cccs1. The summed E-state index contributed by atoms with van der Waals surface area (Å²) in [7, 11) is 0. The molecule has 4 heteroatoms. The number of rotatable bonds is 4. The molecule has 1 unspecified atom stereocenters. The van der Waals surface area contributed by atoms with Crippen molar-refractivity contribution in [3.8, 4) is 0 Å². The molecule has 0 radical (unpaired) electrons. The average molecular weight is 269 g/mol. The van der Waals surface area contributed by atoms with Crippen molar-refractivity contribution in [2.24, 2.45) is 5.92 Å². The van der Waals surface area contributed by atoms with Crippen molar-refractivity contribution in [1.29, 1.82) is 0 Å². The lowest BCUT2D eigenvalue weighted by molar-refractivity contribution is -0.253. The molecule has 102 valence electrons. The molecule has 2 rings (SSSR count). The van der Waals surface area contributed by atoms with Crippen LogP contribution in [0.4, 0.5) is 0 Å². The quantitative estimate of drug-likeness (QED) is 0.910. The van der Waals surface area contributed by atoms with Crippen molar-refractivity contribution >= 4 is 11.3 Å². The monoisotopic (exact) mass is 269 g/mol. The molecule has 1 aliphatic rings. The third kappa shape index (κ3) is 3.54. The summed E-state index contributed by atoms with van der Waals surface area (Å²) < 4.78 is 11.4. The first-order chi connectivity index (χ1) is 8.48. The van der Waals surface area contributed by atoms with Crippen LogP contribution in [0.2, 0.25) is 0 Å². The molecule has 0 aliphatic carbocycles. The second kappa shape index (κ2) is 5.70. The summed E-state index contributed by atoms with van der Waals surface area (Å²) in [5, 5.41) is 5.78. The number of hydrogen-bond acceptors (Lipinski definition) is 4. The Morgan fingerprint density at radius 3 is 2.50 bits per heavy atom. The van der Waals surface area contributed by atoms with Crippen LogP contribution in [0.15, 0.2) is 17.5 Å². The zero-order valence-electron chi connectivity index (χ0n) is 11.6. The van der Waals surface area contributed by atoms with Crippen molar-refractivity contribution in [3.63, 3.8) is 0 Å². The van der Waals surface area contributed by atoms with E-state index in [9.17, 15) is 0 Å². The summed E-state index contributed by atoms with van der Waals surface area (Å²) in [5.74, 6) is 0.118. The van der Waals surface area contributed by atoms with Gasteiger partial charge in [0.15, 0.2) is 5.79 Å². The highest BCUT2D eigenvalue weighted by Gasteiger charge is 2.30. The Morgan fingerprint density at radius 1 is 1.33 bits per heavy atom. The summed E-state index contributed by atoms with van der Waals surface area (Å²) in [6.45, 7) is 9.83. The third-order valence-electron chi connectivity index (χ3n) is 3.20. The smallest absolute Gasteiger partial charge is 0.162 e. The minimum Gasteiger partial charge on any atom is -0.349 e. The Kier molecular flexibility index (Phi) is 4.43. The van der Waals surface area contributed by atoms with Gasteiger partial charge in [0, 0.05) is 10.9 Å². The Bertz CT molecular complexity index is 352. The second-order valence-electron chi connectivity index (χ2n) is 5.62. The lowest BCUT2D eigenvalue weighted by atomic mass is 10.0. The van der Waals surface area contributed by atoms with Gasteiger partial charge in [0.25, 0.3) is 0 Å². The first-order valence-corrected chi connectivity index (χ1v) is 7.43. The maximum Gasteiger partial charge on any atom is 0.162 e. The Morgan fingerprint density at radius 2 is 2.00 bits per heavy atom. The topological polar surface area (TPSA) is 30.5 Å². The zero-order chi connectivity index (χ0) is 13.2. The molecule has 1 aromatic rings. The van der Waals surface area contributed by atoms with Crippen molar-refractivity contribution in [2.75, 3.05) is 13.2 Å². The van der Waals surface area contributed by atoms with Crippen LogP contribution in [0, 0.1) is 5.92 Å².